The second-order valence-electron chi connectivity index (χ2n) is 12.4. The molecule has 2 rings (SSSR count). The molecular formula is C30H54O22S2. The zero-order chi connectivity index (χ0) is 40.9. The van der Waals surface area contributed by atoms with E-state index >= 15 is 0 Å². The maximum absolute atomic E-state index is 12.8. The van der Waals surface area contributed by atoms with Crippen molar-refractivity contribution in [3.05, 3.63) is 0 Å². The standard InChI is InChI=1S/C30H54O22S2/c1-3-17(50-27(45)23(42)19(38)14(5-6-31)47-29-12(36)7-11(35)15(9-33)48-29)53-54-18(4-2)51-28(46)24(43)22(41)26(13(37)8-32)52-30-25(44)21(40)20(39)16(10-34)49-30/h11-26,29-44H,3-10H2,1-2H3/t11-,12-,13-,14-,15-,16-,17?,18?,19+,20+,21+,22?,23+,24+,25-,26-,29-,30+/m1/s1. The van der Waals surface area contributed by atoms with Gasteiger partial charge in [0.15, 0.2) is 35.7 Å². The van der Waals surface area contributed by atoms with Gasteiger partial charge in [-0.2, -0.15) is 0 Å². The van der Waals surface area contributed by atoms with Gasteiger partial charge in [-0.1, -0.05) is 13.8 Å². The Morgan fingerprint density at radius 3 is 1.69 bits per heavy atom. The summed E-state index contributed by atoms with van der Waals surface area (Å²) in [7, 11) is 1.68. The SMILES string of the molecule is CCC(OC(=O)[C@@H](O)C(O)[C@H](O[C@@H]1O[C@H](CO)[C@H](O)[C@H](O)[C@H]1O)[C@H](O)CO)SSC(CC)OC(=O)[C@@H](O)[C@@H](O)[C@@H](CCO)O[C@@H]1O[C@H](CO)[C@H](O)C[C@H]1O. The molecule has 0 saturated carbocycles. The van der Waals surface area contributed by atoms with Gasteiger partial charge in [-0.05, 0) is 40.9 Å². The van der Waals surface area contributed by atoms with Gasteiger partial charge >= 0.3 is 11.9 Å². The predicted octanol–water partition coefficient (Wildman–Crippen LogP) is -6.49. The van der Waals surface area contributed by atoms with Crippen molar-refractivity contribution in [1.29, 1.82) is 0 Å². The maximum atomic E-state index is 12.8. The summed E-state index contributed by atoms with van der Waals surface area (Å²) in [6.45, 7) is 0.0284. The minimum Gasteiger partial charge on any atom is -0.448 e. The molecule has 0 bridgehead atoms. The number of aliphatic hydroxyl groups is 14. The molecule has 0 aromatic heterocycles. The van der Waals surface area contributed by atoms with Crippen LogP contribution < -0.4 is 0 Å². The average molecular weight is 831 g/mol. The summed E-state index contributed by atoms with van der Waals surface area (Å²) in [6.07, 6.45) is -29.2. The molecule has 0 radical (unpaired) electrons. The van der Waals surface area contributed by atoms with Gasteiger partial charge in [-0.3, -0.25) is 0 Å². The van der Waals surface area contributed by atoms with Crippen LogP contribution in [0.1, 0.15) is 39.5 Å². The van der Waals surface area contributed by atoms with E-state index in [1.54, 1.807) is 13.8 Å². The van der Waals surface area contributed by atoms with Crippen molar-refractivity contribution < 1.29 is 110 Å². The van der Waals surface area contributed by atoms with Gasteiger partial charge < -0.3 is 99.9 Å². The number of carbonyl (C=O) groups is 2. The first kappa shape index (κ1) is 49.1. The molecular weight excluding hydrogens is 776 g/mol. The fourth-order valence-corrected chi connectivity index (χ4v) is 7.72. The number of ether oxygens (including phenoxy) is 6. The van der Waals surface area contributed by atoms with Crippen molar-refractivity contribution in [1.82, 2.24) is 0 Å². The van der Waals surface area contributed by atoms with Crippen LogP contribution in [0.2, 0.25) is 0 Å². The Morgan fingerprint density at radius 1 is 0.685 bits per heavy atom. The molecule has 24 heteroatoms. The zero-order valence-electron chi connectivity index (χ0n) is 29.4. The summed E-state index contributed by atoms with van der Waals surface area (Å²) in [5.41, 5.74) is -2.11. The van der Waals surface area contributed by atoms with Crippen LogP contribution in [0.25, 0.3) is 0 Å². The van der Waals surface area contributed by atoms with Crippen molar-refractivity contribution in [2.75, 3.05) is 26.4 Å². The van der Waals surface area contributed by atoms with E-state index in [1.165, 1.54) is 0 Å². The number of rotatable bonds is 23. The van der Waals surface area contributed by atoms with E-state index in [0.29, 0.717) is 0 Å². The first-order valence-electron chi connectivity index (χ1n) is 17.1. The summed E-state index contributed by atoms with van der Waals surface area (Å²) >= 11 is 0. The molecule has 54 heavy (non-hydrogen) atoms. The van der Waals surface area contributed by atoms with Gasteiger partial charge in [0, 0.05) is 13.0 Å². The van der Waals surface area contributed by atoms with E-state index < -0.39 is 147 Å². The highest BCUT2D eigenvalue weighted by Crippen LogP contribution is 2.36. The molecule has 0 aromatic rings. The van der Waals surface area contributed by atoms with Crippen LogP contribution in [0.5, 0.6) is 0 Å². The van der Waals surface area contributed by atoms with Crippen LogP contribution in [0.15, 0.2) is 0 Å². The fraction of sp³-hybridized carbons (Fsp3) is 0.933. The van der Waals surface area contributed by atoms with Crippen molar-refractivity contribution in [2.45, 2.75) is 148 Å². The molecule has 2 aliphatic rings. The van der Waals surface area contributed by atoms with Gasteiger partial charge in [0.25, 0.3) is 0 Å². The van der Waals surface area contributed by atoms with Gasteiger partial charge in [-0.25, -0.2) is 9.59 Å². The molecule has 2 aliphatic heterocycles. The Kier molecular flexibility index (Phi) is 21.8. The third-order valence-electron chi connectivity index (χ3n) is 8.42. The molecule has 318 valence electrons. The Bertz CT molecular complexity index is 1100. The molecule has 3 unspecified atom stereocenters. The number of hydrogen-bond donors (Lipinski definition) is 14. The highest BCUT2D eigenvalue weighted by molar-refractivity contribution is 8.77. The number of hydrogen-bond acceptors (Lipinski definition) is 24. The monoisotopic (exact) mass is 830 g/mol. The van der Waals surface area contributed by atoms with Crippen LogP contribution in [0.3, 0.4) is 0 Å². The Balaban J connectivity index is 2.00. The zero-order valence-corrected chi connectivity index (χ0v) is 31.0. The summed E-state index contributed by atoms with van der Waals surface area (Å²) < 4.78 is 31.8. The first-order valence-corrected chi connectivity index (χ1v) is 19.4. The number of aliphatic hydroxyl groups excluding tert-OH is 14. The second-order valence-corrected chi connectivity index (χ2v) is 15.0. The van der Waals surface area contributed by atoms with E-state index in [4.69, 9.17) is 28.4 Å². The Hall–Kier alpha value is -1.08. The second kappa shape index (κ2) is 24.0. The first-order chi connectivity index (χ1) is 25.5. The smallest absolute Gasteiger partial charge is 0.338 e. The lowest BCUT2D eigenvalue weighted by molar-refractivity contribution is -0.326. The highest BCUT2D eigenvalue weighted by Gasteiger charge is 2.48. The third kappa shape index (κ3) is 13.5. The van der Waals surface area contributed by atoms with E-state index in [-0.39, 0.29) is 25.7 Å². The number of carbonyl (C=O) groups excluding carboxylic acids is 2. The molecule has 14 N–H and O–H groups in total. The molecule has 18 atom stereocenters. The molecule has 2 heterocycles. The summed E-state index contributed by atoms with van der Waals surface area (Å²) in [4.78, 5) is 25.7. The molecule has 2 saturated heterocycles. The van der Waals surface area contributed by atoms with Gasteiger partial charge in [0.2, 0.25) is 0 Å². The van der Waals surface area contributed by atoms with Crippen LogP contribution in [0.4, 0.5) is 0 Å². The van der Waals surface area contributed by atoms with Gasteiger partial charge in [0.05, 0.1) is 32.0 Å². The predicted molar refractivity (Wildman–Crippen MR) is 180 cm³/mol. The normalized spacial score (nSPS) is 32.7. The van der Waals surface area contributed by atoms with Crippen LogP contribution in [-0.4, -0.2) is 219 Å². The molecule has 0 aromatic carbocycles. The van der Waals surface area contributed by atoms with Gasteiger partial charge in [0.1, 0.15) is 61.0 Å². The van der Waals surface area contributed by atoms with Crippen molar-refractivity contribution >= 4 is 33.5 Å². The van der Waals surface area contributed by atoms with Crippen LogP contribution >= 0.6 is 21.6 Å². The molecule has 0 aliphatic carbocycles. The van der Waals surface area contributed by atoms with Crippen molar-refractivity contribution in [3.63, 3.8) is 0 Å². The Labute approximate surface area is 317 Å². The lowest BCUT2D eigenvalue weighted by atomic mass is 9.98. The van der Waals surface area contributed by atoms with Crippen molar-refractivity contribution in [3.8, 4) is 0 Å². The minimum atomic E-state index is -2.44. The molecule has 22 nitrogen and oxygen atoms in total. The maximum Gasteiger partial charge on any atom is 0.338 e. The van der Waals surface area contributed by atoms with Crippen LogP contribution in [-0.2, 0) is 38.0 Å². The molecule has 0 spiro atoms. The minimum absolute atomic E-state index is 0.0887. The van der Waals surface area contributed by atoms with Gasteiger partial charge in [-0.15, -0.1) is 0 Å². The lowest BCUT2D eigenvalue weighted by Crippen LogP contribution is -2.61. The van der Waals surface area contributed by atoms with E-state index in [9.17, 15) is 81.1 Å². The average Bonchev–Trinajstić information content (AvgIpc) is 3.16. The number of esters is 2. The fourth-order valence-electron chi connectivity index (χ4n) is 5.13. The third-order valence-corrected chi connectivity index (χ3v) is 11.4. The topological polar surface area (TPSA) is 373 Å². The molecule has 2 fully saturated rings. The highest BCUT2D eigenvalue weighted by atomic mass is 33.1. The van der Waals surface area contributed by atoms with E-state index in [2.05, 4.69) is 0 Å². The summed E-state index contributed by atoms with van der Waals surface area (Å²) in [5.74, 6) is -2.76. The Morgan fingerprint density at radius 2 is 1.20 bits per heavy atom. The largest absolute Gasteiger partial charge is 0.448 e. The van der Waals surface area contributed by atoms with Crippen LogP contribution in [0, 0.1) is 0 Å². The summed E-state index contributed by atoms with van der Waals surface area (Å²) in [5, 5.41) is 141. The van der Waals surface area contributed by atoms with E-state index in [1.807, 2.05) is 0 Å². The lowest BCUT2D eigenvalue weighted by Gasteiger charge is -2.42. The van der Waals surface area contributed by atoms with E-state index in [0.717, 1.165) is 21.6 Å². The quantitative estimate of drug-likeness (QED) is 0.0259. The molecule has 0 amide bonds. The summed E-state index contributed by atoms with van der Waals surface area (Å²) in [6, 6.07) is 0. The van der Waals surface area contributed by atoms with Crippen molar-refractivity contribution in [2.24, 2.45) is 0 Å².